The summed E-state index contributed by atoms with van der Waals surface area (Å²) in [6.07, 6.45) is 8.23. The molecule has 26 heavy (non-hydrogen) atoms. The molecule has 0 radical (unpaired) electrons. The maximum absolute atomic E-state index is 4.47. The Balaban J connectivity index is 1.38. The first-order chi connectivity index (χ1) is 12.7. The number of likely N-dealkylation sites (tertiary alicyclic amines) is 1. The molecule has 1 saturated heterocycles. The van der Waals surface area contributed by atoms with E-state index in [4.69, 9.17) is 0 Å². The Kier molecular flexibility index (Phi) is 4.89. The van der Waals surface area contributed by atoms with Crippen LogP contribution in [0, 0.1) is 0 Å². The van der Waals surface area contributed by atoms with Gasteiger partial charge in [-0.3, -0.25) is 15.0 Å². The van der Waals surface area contributed by atoms with Crippen LogP contribution in [0.2, 0.25) is 0 Å². The van der Waals surface area contributed by atoms with Crippen molar-refractivity contribution in [1.29, 1.82) is 0 Å². The summed E-state index contributed by atoms with van der Waals surface area (Å²) in [6.45, 7) is 7.62. The molecular weight excluding hydrogens is 322 g/mol. The second-order valence-electron chi connectivity index (χ2n) is 7.53. The smallest absolute Gasteiger partial charge is 0.0650 e. The highest BCUT2D eigenvalue weighted by atomic mass is 15.2. The van der Waals surface area contributed by atoms with Gasteiger partial charge in [-0.25, -0.2) is 0 Å². The molecule has 0 spiro atoms. The van der Waals surface area contributed by atoms with Gasteiger partial charge in [-0.2, -0.15) is 5.10 Å². The summed E-state index contributed by atoms with van der Waals surface area (Å²) in [5.41, 5.74) is 4.94. The van der Waals surface area contributed by atoms with Gasteiger partial charge in [0.15, 0.2) is 0 Å². The van der Waals surface area contributed by atoms with E-state index in [0.717, 1.165) is 25.3 Å². The summed E-state index contributed by atoms with van der Waals surface area (Å²) in [7, 11) is 0. The monoisotopic (exact) mass is 349 g/mol. The zero-order chi connectivity index (χ0) is 17.9. The van der Waals surface area contributed by atoms with Gasteiger partial charge in [0.2, 0.25) is 0 Å². The number of aromatic nitrogens is 4. The average Bonchev–Trinajstić information content (AvgIpc) is 3.33. The van der Waals surface area contributed by atoms with Gasteiger partial charge >= 0.3 is 0 Å². The molecule has 1 N–H and O–H groups in total. The highest BCUT2D eigenvalue weighted by Crippen LogP contribution is 2.29. The van der Waals surface area contributed by atoms with Crippen molar-refractivity contribution in [3.8, 4) is 5.69 Å². The zero-order valence-corrected chi connectivity index (χ0v) is 15.6. The SMILES string of the molecule is CC(C)c1cc(C2CCN(Cc3cccn3-c3cccnc3)CC2)[nH]n1. The van der Waals surface area contributed by atoms with Gasteiger partial charge in [-0.15, -0.1) is 0 Å². The number of piperidine rings is 1. The molecule has 0 unspecified atom stereocenters. The van der Waals surface area contributed by atoms with Crippen LogP contribution in [0.4, 0.5) is 0 Å². The minimum atomic E-state index is 0.486. The van der Waals surface area contributed by atoms with Crippen LogP contribution >= 0.6 is 0 Å². The predicted octanol–water partition coefficient (Wildman–Crippen LogP) is 4.10. The maximum atomic E-state index is 4.47. The van der Waals surface area contributed by atoms with Crippen LogP contribution in [0.25, 0.3) is 5.69 Å². The number of nitrogens with zero attached hydrogens (tertiary/aromatic N) is 4. The minimum absolute atomic E-state index is 0.486. The first-order valence-electron chi connectivity index (χ1n) is 9.55. The van der Waals surface area contributed by atoms with Gasteiger partial charge in [0.25, 0.3) is 0 Å². The summed E-state index contributed by atoms with van der Waals surface area (Å²) in [5.74, 6) is 1.09. The van der Waals surface area contributed by atoms with Gasteiger partial charge in [0, 0.05) is 36.2 Å². The molecule has 4 heterocycles. The van der Waals surface area contributed by atoms with Gasteiger partial charge in [-0.1, -0.05) is 13.8 Å². The van der Waals surface area contributed by atoms with Crippen LogP contribution in [-0.2, 0) is 6.54 Å². The van der Waals surface area contributed by atoms with Crippen LogP contribution in [0.3, 0.4) is 0 Å². The van der Waals surface area contributed by atoms with Crippen LogP contribution < -0.4 is 0 Å². The molecule has 0 aromatic carbocycles. The number of hydrogen-bond donors (Lipinski definition) is 1. The molecular formula is C21H27N5. The lowest BCUT2D eigenvalue weighted by atomic mass is 9.93. The van der Waals surface area contributed by atoms with E-state index in [9.17, 15) is 0 Å². The molecule has 0 aliphatic carbocycles. The molecule has 4 rings (SSSR count). The number of nitrogens with one attached hydrogen (secondary N) is 1. The predicted molar refractivity (Wildman–Crippen MR) is 103 cm³/mol. The van der Waals surface area contributed by atoms with E-state index in [0.29, 0.717) is 11.8 Å². The van der Waals surface area contributed by atoms with Gasteiger partial charge in [-0.05, 0) is 62.2 Å². The quantitative estimate of drug-likeness (QED) is 0.754. The van der Waals surface area contributed by atoms with E-state index in [2.05, 4.69) is 69.0 Å². The van der Waals surface area contributed by atoms with Crippen LogP contribution in [-0.4, -0.2) is 37.7 Å². The third kappa shape index (κ3) is 3.58. The van der Waals surface area contributed by atoms with Crippen molar-refractivity contribution in [2.75, 3.05) is 13.1 Å². The second-order valence-corrected chi connectivity index (χ2v) is 7.53. The van der Waals surface area contributed by atoms with Crippen molar-refractivity contribution in [3.05, 3.63) is 66.0 Å². The summed E-state index contributed by atoms with van der Waals surface area (Å²) < 4.78 is 2.24. The van der Waals surface area contributed by atoms with Crippen LogP contribution in [0.1, 0.15) is 55.6 Å². The first kappa shape index (κ1) is 17.0. The minimum Gasteiger partial charge on any atom is -0.318 e. The van der Waals surface area contributed by atoms with Gasteiger partial charge in [0.05, 0.1) is 17.6 Å². The molecule has 1 aliphatic heterocycles. The third-order valence-electron chi connectivity index (χ3n) is 5.38. The largest absolute Gasteiger partial charge is 0.318 e. The summed E-state index contributed by atoms with van der Waals surface area (Å²) >= 11 is 0. The number of pyridine rings is 1. The van der Waals surface area contributed by atoms with Crippen molar-refractivity contribution in [1.82, 2.24) is 24.6 Å². The lowest BCUT2D eigenvalue weighted by Gasteiger charge is -2.31. The Morgan fingerprint density at radius 2 is 2.04 bits per heavy atom. The molecule has 3 aromatic heterocycles. The Labute approximate surface area is 155 Å². The maximum Gasteiger partial charge on any atom is 0.0650 e. The van der Waals surface area contributed by atoms with Crippen molar-refractivity contribution in [2.45, 2.75) is 45.1 Å². The van der Waals surface area contributed by atoms with E-state index in [1.165, 1.54) is 29.9 Å². The van der Waals surface area contributed by atoms with Crippen molar-refractivity contribution < 1.29 is 0 Å². The highest BCUT2D eigenvalue weighted by Gasteiger charge is 2.23. The Bertz CT molecular complexity index is 825. The standard InChI is InChI=1S/C21H27N5/c1-16(2)20-13-21(24-23-20)17-7-11-25(12-8-17)15-19-6-4-10-26(19)18-5-3-9-22-14-18/h3-6,9-10,13-14,16-17H,7-8,11-12,15H2,1-2H3,(H,23,24). The Hall–Kier alpha value is -2.40. The lowest BCUT2D eigenvalue weighted by Crippen LogP contribution is -2.33. The Morgan fingerprint density at radius 1 is 1.19 bits per heavy atom. The van der Waals surface area contributed by atoms with Crippen molar-refractivity contribution >= 4 is 0 Å². The molecule has 0 amide bonds. The van der Waals surface area contributed by atoms with E-state index >= 15 is 0 Å². The number of H-pyrrole nitrogens is 1. The molecule has 0 atom stereocenters. The summed E-state index contributed by atoms with van der Waals surface area (Å²) in [4.78, 5) is 6.80. The topological polar surface area (TPSA) is 49.7 Å². The molecule has 1 aliphatic rings. The number of aromatic amines is 1. The molecule has 5 nitrogen and oxygen atoms in total. The van der Waals surface area contributed by atoms with E-state index in [-0.39, 0.29) is 0 Å². The highest BCUT2D eigenvalue weighted by molar-refractivity contribution is 5.32. The van der Waals surface area contributed by atoms with E-state index in [1.807, 2.05) is 18.5 Å². The fourth-order valence-electron chi connectivity index (χ4n) is 3.78. The van der Waals surface area contributed by atoms with Crippen molar-refractivity contribution in [3.63, 3.8) is 0 Å². The van der Waals surface area contributed by atoms with Crippen molar-refractivity contribution in [2.24, 2.45) is 0 Å². The summed E-state index contributed by atoms with van der Waals surface area (Å²) in [6, 6.07) is 10.7. The molecule has 3 aromatic rings. The fourth-order valence-corrected chi connectivity index (χ4v) is 3.78. The Morgan fingerprint density at radius 3 is 2.73 bits per heavy atom. The fraction of sp³-hybridized carbons (Fsp3) is 0.429. The van der Waals surface area contributed by atoms with Crippen LogP contribution in [0.5, 0.6) is 0 Å². The molecule has 0 saturated carbocycles. The second kappa shape index (κ2) is 7.46. The normalized spacial score (nSPS) is 16.4. The van der Waals surface area contributed by atoms with E-state index < -0.39 is 0 Å². The molecule has 1 fully saturated rings. The van der Waals surface area contributed by atoms with Crippen LogP contribution in [0.15, 0.2) is 48.9 Å². The molecule has 5 heteroatoms. The van der Waals surface area contributed by atoms with Gasteiger partial charge in [0.1, 0.15) is 0 Å². The van der Waals surface area contributed by atoms with E-state index in [1.54, 1.807) is 0 Å². The molecule has 0 bridgehead atoms. The number of hydrogen-bond acceptors (Lipinski definition) is 3. The average molecular weight is 349 g/mol. The number of rotatable bonds is 5. The third-order valence-corrected chi connectivity index (χ3v) is 5.38. The molecule has 136 valence electrons. The zero-order valence-electron chi connectivity index (χ0n) is 15.6. The first-order valence-corrected chi connectivity index (χ1v) is 9.55. The lowest BCUT2D eigenvalue weighted by molar-refractivity contribution is 0.200. The van der Waals surface area contributed by atoms with Gasteiger partial charge < -0.3 is 4.57 Å². The summed E-state index contributed by atoms with van der Waals surface area (Å²) in [5, 5.41) is 7.74.